The fourth-order valence-electron chi connectivity index (χ4n) is 1.16. The van der Waals surface area contributed by atoms with Crippen LogP contribution in [0.15, 0.2) is 18.2 Å². The van der Waals surface area contributed by atoms with Crippen molar-refractivity contribution in [3.63, 3.8) is 0 Å². The number of halogens is 4. The second-order valence-corrected chi connectivity index (χ2v) is 3.62. The molecule has 0 unspecified atom stereocenters. The molecule has 0 atom stereocenters. The van der Waals surface area contributed by atoms with Crippen molar-refractivity contribution in [2.45, 2.75) is 13.0 Å². The van der Waals surface area contributed by atoms with Gasteiger partial charge in [-0.1, -0.05) is 17.7 Å². The van der Waals surface area contributed by atoms with Crippen molar-refractivity contribution in [2.75, 3.05) is 5.88 Å². The molecule has 6 heteroatoms. The van der Waals surface area contributed by atoms with Gasteiger partial charge in [0.1, 0.15) is 5.75 Å². The molecule has 88 valence electrons. The van der Waals surface area contributed by atoms with E-state index in [4.69, 9.17) is 23.2 Å². The van der Waals surface area contributed by atoms with E-state index >= 15 is 0 Å². The predicted molar refractivity (Wildman–Crippen MR) is 57.5 cm³/mol. The number of alkyl halides is 3. The average Bonchev–Trinajstić information content (AvgIpc) is 2.22. The first kappa shape index (κ1) is 13.2. The lowest BCUT2D eigenvalue weighted by molar-refractivity contribution is -0.116. The summed E-state index contributed by atoms with van der Waals surface area (Å²) in [6.07, 6.45) is -0.120. The molecule has 1 aromatic carbocycles. The summed E-state index contributed by atoms with van der Waals surface area (Å²) < 4.78 is 28.4. The molecule has 0 spiro atoms. The van der Waals surface area contributed by atoms with Gasteiger partial charge in [-0.25, -0.2) is 0 Å². The Balaban J connectivity index is 2.98. The van der Waals surface area contributed by atoms with Crippen LogP contribution in [0.25, 0.3) is 0 Å². The number of carbonyl (C=O) groups excluding carboxylic acids is 1. The van der Waals surface area contributed by atoms with Crippen molar-refractivity contribution in [1.29, 1.82) is 0 Å². The van der Waals surface area contributed by atoms with Gasteiger partial charge in [0.2, 0.25) is 0 Å². The minimum Gasteiger partial charge on any atom is -0.434 e. The Morgan fingerprint density at radius 2 is 2.12 bits per heavy atom. The third-order valence-electron chi connectivity index (χ3n) is 1.81. The molecular weight excluding hydrogens is 261 g/mol. The van der Waals surface area contributed by atoms with Crippen molar-refractivity contribution < 1.29 is 18.3 Å². The second-order valence-electron chi connectivity index (χ2n) is 2.94. The van der Waals surface area contributed by atoms with Gasteiger partial charge in [0, 0.05) is 17.0 Å². The van der Waals surface area contributed by atoms with E-state index in [2.05, 4.69) is 4.74 Å². The first-order valence-corrected chi connectivity index (χ1v) is 5.25. The minimum absolute atomic E-state index is 0.0963. The summed E-state index contributed by atoms with van der Waals surface area (Å²) in [5.74, 6) is -0.603. The van der Waals surface area contributed by atoms with Crippen LogP contribution < -0.4 is 4.74 Å². The summed E-state index contributed by atoms with van der Waals surface area (Å²) in [4.78, 5) is 11.1. The maximum atomic E-state index is 12.1. The van der Waals surface area contributed by atoms with Crippen LogP contribution >= 0.6 is 23.2 Å². The minimum atomic E-state index is -2.96. The van der Waals surface area contributed by atoms with Crippen molar-refractivity contribution in [3.8, 4) is 5.75 Å². The lowest BCUT2D eigenvalue weighted by Gasteiger charge is -2.11. The van der Waals surface area contributed by atoms with E-state index in [1.807, 2.05) is 0 Å². The molecule has 0 heterocycles. The van der Waals surface area contributed by atoms with E-state index in [9.17, 15) is 13.6 Å². The van der Waals surface area contributed by atoms with Gasteiger partial charge in [0.25, 0.3) is 0 Å². The van der Waals surface area contributed by atoms with Gasteiger partial charge in [-0.15, -0.1) is 11.6 Å². The average molecular weight is 269 g/mol. The normalized spacial score (nSPS) is 10.6. The van der Waals surface area contributed by atoms with E-state index < -0.39 is 6.61 Å². The Hall–Kier alpha value is -0.870. The summed E-state index contributed by atoms with van der Waals surface area (Å²) in [6.45, 7) is -2.96. The number of Topliss-reactive ketones (excluding diaryl/α,β-unsaturated/α-hetero) is 1. The molecule has 1 aromatic rings. The van der Waals surface area contributed by atoms with Crippen LogP contribution in [-0.2, 0) is 11.2 Å². The lowest BCUT2D eigenvalue weighted by Crippen LogP contribution is -2.09. The molecule has 0 bridgehead atoms. The molecule has 16 heavy (non-hydrogen) atoms. The van der Waals surface area contributed by atoms with Gasteiger partial charge in [-0.2, -0.15) is 8.78 Å². The van der Waals surface area contributed by atoms with E-state index in [-0.39, 0.29) is 34.4 Å². The number of ketones is 1. The number of hydrogen-bond acceptors (Lipinski definition) is 2. The standard InChI is InChI=1S/C10H8Cl2F2O2/c11-5-6(15)4-7-8(12)2-1-3-9(7)16-10(13)14/h1-3,10H,4-5H2. The van der Waals surface area contributed by atoms with Crippen LogP contribution in [-0.4, -0.2) is 18.3 Å². The Bertz CT molecular complexity index is 383. The van der Waals surface area contributed by atoms with E-state index in [0.29, 0.717) is 0 Å². The highest BCUT2D eigenvalue weighted by Gasteiger charge is 2.15. The molecule has 0 amide bonds. The lowest BCUT2D eigenvalue weighted by atomic mass is 10.1. The van der Waals surface area contributed by atoms with E-state index in [1.165, 1.54) is 18.2 Å². The van der Waals surface area contributed by atoms with Gasteiger partial charge < -0.3 is 4.74 Å². The third-order valence-corrected chi connectivity index (χ3v) is 2.47. The van der Waals surface area contributed by atoms with Crippen LogP contribution in [0.2, 0.25) is 5.02 Å². The van der Waals surface area contributed by atoms with Crippen LogP contribution in [0.3, 0.4) is 0 Å². The zero-order valence-corrected chi connectivity index (χ0v) is 9.56. The molecule has 0 fully saturated rings. The molecule has 0 aliphatic heterocycles. The Labute approximate surface area is 101 Å². The Morgan fingerprint density at radius 1 is 1.44 bits per heavy atom. The highest BCUT2D eigenvalue weighted by atomic mass is 35.5. The number of rotatable bonds is 5. The molecule has 0 aromatic heterocycles. The second kappa shape index (κ2) is 6.01. The van der Waals surface area contributed by atoms with Gasteiger partial charge in [0.15, 0.2) is 5.78 Å². The number of hydrogen-bond donors (Lipinski definition) is 0. The van der Waals surface area contributed by atoms with Crippen molar-refractivity contribution >= 4 is 29.0 Å². The number of carbonyl (C=O) groups is 1. The van der Waals surface area contributed by atoms with Crippen molar-refractivity contribution in [1.82, 2.24) is 0 Å². The van der Waals surface area contributed by atoms with Crippen molar-refractivity contribution in [2.24, 2.45) is 0 Å². The topological polar surface area (TPSA) is 26.3 Å². The zero-order chi connectivity index (χ0) is 12.1. The van der Waals surface area contributed by atoms with Gasteiger partial charge in [-0.05, 0) is 12.1 Å². The SMILES string of the molecule is O=C(CCl)Cc1c(Cl)cccc1OC(F)F. The molecule has 0 saturated carbocycles. The first-order chi connectivity index (χ1) is 7.54. The Morgan fingerprint density at radius 3 is 2.69 bits per heavy atom. The fourth-order valence-corrected chi connectivity index (χ4v) is 1.49. The van der Waals surface area contributed by atoms with Crippen LogP contribution in [0.4, 0.5) is 8.78 Å². The molecular formula is C10H8Cl2F2O2. The fraction of sp³-hybridized carbons (Fsp3) is 0.300. The van der Waals surface area contributed by atoms with Crippen LogP contribution in [0, 0.1) is 0 Å². The van der Waals surface area contributed by atoms with Crippen LogP contribution in [0.5, 0.6) is 5.75 Å². The van der Waals surface area contributed by atoms with Gasteiger partial charge in [-0.3, -0.25) is 4.79 Å². The van der Waals surface area contributed by atoms with Gasteiger partial charge in [0.05, 0.1) is 5.88 Å². The summed E-state index contributed by atoms with van der Waals surface area (Å²) in [5.41, 5.74) is 0.232. The predicted octanol–water partition coefficient (Wildman–Crippen LogP) is 3.29. The monoisotopic (exact) mass is 268 g/mol. The third kappa shape index (κ3) is 3.61. The molecule has 0 aliphatic carbocycles. The molecule has 0 N–H and O–H groups in total. The molecule has 0 radical (unpaired) electrons. The van der Waals surface area contributed by atoms with Crippen LogP contribution in [0.1, 0.15) is 5.56 Å². The summed E-state index contributed by atoms with van der Waals surface area (Å²) >= 11 is 11.1. The van der Waals surface area contributed by atoms with E-state index in [0.717, 1.165) is 0 Å². The Kier molecular flexibility index (Phi) is 4.96. The smallest absolute Gasteiger partial charge is 0.387 e. The highest BCUT2D eigenvalue weighted by Crippen LogP contribution is 2.28. The first-order valence-electron chi connectivity index (χ1n) is 4.34. The molecule has 0 saturated heterocycles. The quantitative estimate of drug-likeness (QED) is 0.766. The zero-order valence-electron chi connectivity index (χ0n) is 8.05. The molecule has 0 aliphatic rings. The van der Waals surface area contributed by atoms with Crippen molar-refractivity contribution in [3.05, 3.63) is 28.8 Å². The largest absolute Gasteiger partial charge is 0.434 e. The maximum absolute atomic E-state index is 12.1. The number of ether oxygens (including phenoxy) is 1. The summed E-state index contributed by atoms with van der Waals surface area (Å²) in [6, 6.07) is 4.29. The molecule has 1 rings (SSSR count). The highest BCUT2D eigenvalue weighted by molar-refractivity contribution is 6.32. The summed E-state index contributed by atoms with van der Waals surface area (Å²) in [7, 11) is 0. The number of benzene rings is 1. The maximum Gasteiger partial charge on any atom is 0.387 e. The molecule has 2 nitrogen and oxygen atoms in total. The van der Waals surface area contributed by atoms with Gasteiger partial charge >= 0.3 is 6.61 Å². The van der Waals surface area contributed by atoms with E-state index in [1.54, 1.807) is 0 Å². The summed E-state index contributed by atoms with van der Waals surface area (Å²) in [5, 5.41) is 0.205.